The van der Waals surface area contributed by atoms with Gasteiger partial charge in [0.25, 0.3) is 0 Å². The number of aryl methyl sites for hydroxylation is 1. The fraction of sp³-hybridized carbons (Fsp3) is 0.458. The summed E-state index contributed by atoms with van der Waals surface area (Å²) >= 11 is 0. The molecule has 0 N–H and O–H groups in total. The van der Waals surface area contributed by atoms with Crippen molar-refractivity contribution in [2.24, 2.45) is 11.0 Å². The Morgan fingerprint density at radius 2 is 2.06 bits per heavy atom. The van der Waals surface area contributed by atoms with Gasteiger partial charge >= 0.3 is 0 Å². The first kappa shape index (κ1) is 20.2. The van der Waals surface area contributed by atoms with Crippen LogP contribution in [0.4, 0.5) is 5.82 Å². The van der Waals surface area contributed by atoms with E-state index in [9.17, 15) is 4.79 Å². The zero-order valence-corrected chi connectivity index (χ0v) is 17.7. The van der Waals surface area contributed by atoms with E-state index in [-0.39, 0.29) is 11.8 Å². The molecule has 5 rings (SSSR count). The highest BCUT2D eigenvalue weighted by Crippen LogP contribution is 2.34. The van der Waals surface area contributed by atoms with Gasteiger partial charge in [-0.25, -0.2) is 4.98 Å². The minimum atomic E-state index is 0.0103. The van der Waals surface area contributed by atoms with Gasteiger partial charge < -0.3 is 9.47 Å². The lowest BCUT2D eigenvalue weighted by Crippen LogP contribution is -2.39. The van der Waals surface area contributed by atoms with E-state index >= 15 is 0 Å². The van der Waals surface area contributed by atoms with Crippen LogP contribution in [-0.2, 0) is 16.0 Å². The molecule has 0 spiro atoms. The van der Waals surface area contributed by atoms with Crippen molar-refractivity contribution in [2.75, 3.05) is 44.5 Å². The van der Waals surface area contributed by atoms with Gasteiger partial charge in [-0.15, -0.1) is 0 Å². The smallest absolute Gasteiger partial charge is 0.249 e. The molecule has 7 nitrogen and oxygen atoms in total. The van der Waals surface area contributed by atoms with Crippen molar-refractivity contribution < 1.29 is 14.3 Å². The second-order valence-corrected chi connectivity index (χ2v) is 8.29. The summed E-state index contributed by atoms with van der Waals surface area (Å²) in [6, 6.07) is 11.8. The molecular formula is C24H28N4O3. The number of ether oxygens (including phenoxy) is 2. The average molecular weight is 421 g/mol. The van der Waals surface area contributed by atoms with Crippen molar-refractivity contribution in [1.82, 2.24) is 9.88 Å². The van der Waals surface area contributed by atoms with Crippen LogP contribution in [0.5, 0.6) is 5.75 Å². The van der Waals surface area contributed by atoms with Gasteiger partial charge in [0.15, 0.2) is 5.82 Å². The minimum absolute atomic E-state index is 0.0103. The van der Waals surface area contributed by atoms with Gasteiger partial charge in [-0.2, -0.15) is 10.1 Å². The number of hydrogen-bond acceptors (Lipinski definition) is 6. The minimum Gasteiger partial charge on any atom is -0.494 e. The van der Waals surface area contributed by atoms with Crippen LogP contribution < -0.4 is 9.75 Å². The van der Waals surface area contributed by atoms with Crippen molar-refractivity contribution in [1.29, 1.82) is 0 Å². The van der Waals surface area contributed by atoms with E-state index in [4.69, 9.17) is 14.6 Å². The molecular weight excluding hydrogens is 392 g/mol. The summed E-state index contributed by atoms with van der Waals surface area (Å²) in [5.41, 5.74) is 3.37. The van der Waals surface area contributed by atoms with Crippen LogP contribution in [0.2, 0.25) is 0 Å². The largest absolute Gasteiger partial charge is 0.494 e. The number of hydrazone groups is 1. The highest BCUT2D eigenvalue weighted by Gasteiger charge is 2.35. The maximum absolute atomic E-state index is 12.6. The molecule has 1 unspecified atom stereocenters. The molecule has 1 amide bonds. The highest BCUT2D eigenvalue weighted by atomic mass is 16.5. The van der Waals surface area contributed by atoms with E-state index in [1.54, 1.807) is 6.20 Å². The average Bonchev–Trinajstić information content (AvgIpc) is 2.82. The van der Waals surface area contributed by atoms with Crippen LogP contribution >= 0.6 is 0 Å². The van der Waals surface area contributed by atoms with Crippen molar-refractivity contribution in [3.05, 3.63) is 53.7 Å². The first-order chi connectivity index (χ1) is 15.3. The maximum Gasteiger partial charge on any atom is 0.249 e. The number of fused-ring (bicyclic) bond motifs is 3. The summed E-state index contributed by atoms with van der Waals surface area (Å²) in [5.74, 6) is 1.68. The number of carbonyl (C=O) groups excluding carboxylic acids is 1. The molecule has 1 aromatic carbocycles. The summed E-state index contributed by atoms with van der Waals surface area (Å²) in [4.78, 5) is 19.4. The third kappa shape index (κ3) is 4.48. The fourth-order valence-electron chi connectivity index (χ4n) is 4.56. The lowest BCUT2D eigenvalue weighted by atomic mass is 9.79. The Labute approximate surface area is 182 Å². The summed E-state index contributed by atoms with van der Waals surface area (Å²) < 4.78 is 11.4. The molecule has 1 fully saturated rings. The number of amides is 1. The summed E-state index contributed by atoms with van der Waals surface area (Å²) in [6.07, 6.45) is 5.06. The highest BCUT2D eigenvalue weighted by molar-refractivity contribution is 6.11. The molecule has 1 aliphatic carbocycles. The van der Waals surface area contributed by atoms with Gasteiger partial charge in [0, 0.05) is 43.7 Å². The number of rotatable bonds is 6. The van der Waals surface area contributed by atoms with Crippen LogP contribution in [0, 0.1) is 5.92 Å². The zero-order chi connectivity index (χ0) is 21.0. The summed E-state index contributed by atoms with van der Waals surface area (Å²) in [5, 5.41) is 6.19. The van der Waals surface area contributed by atoms with Gasteiger partial charge in [0.2, 0.25) is 5.91 Å². The van der Waals surface area contributed by atoms with E-state index in [0.29, 0.717) is 18.8 Å². The van der Waals surface area contributed by atoms with Gasteiger partial charge in [-0.05, 0) is 55.2 Å². The number of morpholine rings is 1. The number of benzene rings is 1. The third-order valence-electron chi connectivity index (χ3n) is 6.22. The summed E-state index contributed by atoms with van der Waals surface area (Å²) in [7, 11) is 0. The molecule has 2 aromatic rings. The monoisotopic (exact) mass is 420 g/mol. The summed E-state index contributed by atoms with van der Waals surface area (Å²) in [6.45, 7) is 5.45. The van der Waals surface area contributed by atoms with Gasteiger partial charge in [-0.1, -0.05) is 6.07 Å². The van der Waals surface area contributed by atoms with Crippen LogP contribution in [0.15, 0.2) is 47.7 Å². The molecule has 31 heavy (non-hydrogen) atoms. The number of nitrogens with zero attached hydrogens (tertiary/aromatic N) is 4. The molecule has 1 aromatic heterocycles. The van der Waals surface area contributed by atoms with E-state index in [2.05, 4.69) is 22.0 Å². The van der Waals surface area contributed by atoms with Gasteiger partial charge in [0.05, 0.1) is 25.5 Å². The Morgan fingerprint density at radius 1 is 1.16 bits per heavy atom. The predicted molar refractivity (Wildman–Crippen MR) is 119 cm³/mol. The molecule has 1 atom stereocenters. The molecule has 0 saturated carbocycles. The zero-order valence-electron chi connectivity index (χ0n) is 17.7. The SMILES string of the molecule is O=C1CC2CCc3cc(OCCCN4CCOCC4)ccc3C2=NN1c1ccccn1. The van der Waals surface area contributed by atoms with Crippen molar-refractivity contribution >= 4 is 17.4 Å². The first-order valence-electron chi connectivity index (χ1n) is 11.2. The molecule has 2 aliphatic heterocycles. The van der Waals surface area contributed by atoms with Gasteiger partial charge in [0.1, 0.15) is 5.75 Å². The topological polar surface area (TPSA) is 67.3 Å². The van der Waals surface area contributed by atoms with E-state index < -0.39 is 0 Å². The number of hydrogen-bond donors (Lipinski definition) is 0. The fourth-order valence-corrected chi connectivity index (χ4v) is 4.56. The third-order valence-corrected chi connectivity index (χ3v) is 6.22. The Hall–Kier alpha value is -2.77. The quantitative estimate of drug-likeness (QED) is 0.673. The molecule has 1 saturated heterocycles. The second kappa shape index (κ2) is 9.16. The van der Waals surface area contributed by atoms with E-state index in [1.807, 2.05) is 24.3 Å². The molecule has 3 aliphatic rings. The number of anilines is 1. The normalized spacial score (nSPS) is 21.3. The van der Waals surface area contributed by atoms with Crippen LogP contribution in [-0.4, -0.2) is 61.0 Å². The lowest BCUT2D eigenvalue weighted by molar-refractivity contribution is -0.119. The van der Waals surface area contributed by atoms with Crippen LogP contribution in [0.1, 0.15) is 30.4 Å². The predicted octanol–water partition coefficient (Wildman–Crippen LogP) is 2.89. The second-order valence-electron chi connectivity index (χ2n) is 8.29. The number of aromatic nitrogens is 1. The Morgan fingerprint density at radius 3 is 2.90 bits per heavy atom. The van der Waals surface area contributed by atoms with Crippen molar-refractivity contribution in [2.45, 2.75) is 25.7 Å². The van der Waals surface area contributed by atoms with Crippen LogP contribution in [0.25, 0.3) is 0 Å². The van der Waals surface area contributed by atoms with E-state index in [1.165, 1.54) is 10.6 Å². The molecule has 7 heteroatoms. The van der Waals surface area contributed by atoms with Crippen molar-refractivity contribution in [3.63, 3.8) is 0 Å². The Kier molecular flexibility index (Phi) is 5.95. The molecule has 0 bridgehead atoms. The number of pyridine rings is 1. The van der Waals surface area contributed by atoms with E-state index in [0.717, 1.165) is 69.1 Å². The van der Waals surface area contributed by atoms with Crippen molar-refractivity contribution in [3.8, 4) is 5.75 Å². The Bertz CT molecular complexity index is 957. The Balaban J connectivity index is 1.27. The molecule has 0 radical (unpaired) electrons. The maximum atomic E-state index is 12.6. The standard InChI is InChI=1S/C24H28N4O3/c29-23-17-19-6-5-18-16-20(31-13-3-10-27-11-14-30-15-12-27)7-8-21(18)24(19)26-28(23)22-4-1-2-9-25-22/h1-2,4,7-9,16,19H,3,5-6,10-15,17H2. The van der Waals surface area contributed by atoms with Crippen LogP contribution in [0.3, 0.4) is 0 Å². The number of carbonyl (C=O) groups is 1. The van der Waals surface area contributed by atoms with Gasteiger partial charge in [-0.3, -0.25) is 9.69 Å². The first-order valence-corrected chi connectivity index (χ1v) is 11.2. The molecule has 3 heterocycles. The molecule has 162 valence electrons. The lowest BCUT2D eigenvalue weighted by Gasteiger charge is -2.33.